The standard InChI is InChI=1S/6C4H9.3Sn/c6*1-3-4-2;;;/h6*1,3-4H2,2H3;;;/q;;;;;;3*+2. The zero-order valence-corrected chi connectivity index (χ0v) is 28.8. The Bertz CT molecular complexity index is 147. The van der Waals surface area contributed by atoms with Crippen LogP contribution in [-0.2, 0) is 0 Å². The number of hydrogen-bond acceptors (Lipinski definition) is 0. The third-order valence-corrected chi connectivity index (χ3v) is 16.4. The van der Waals surface area contributed by atoms with Crippen molar-refractivity contribution in [2.24, 2.45) is 0 Å². The molecule has 0 aliphatic carbocycles. The normalized spacial score (nSPS) is 9.11. The van der Waals surface area contributed by atoms with Gasteiger partial charge in [-0.3, -0.25) is 0 Å². The van der Waals surface area contributed by atoms with Gasteiger partial charge in [0.2, 0.25) is 0 Å². The van der Waals surface area contributed by atoms with Crippen molar-refractivity contribution < 1.29 is 0 Å². The SMILES string of the molecule is CCC[CH2][Sn+2][CH2]CCC.CCC[CH2][Sn+2][CH2]CCC.CCC[CH2][Sn+2][CH2]CCC. The summed E-state index contributed by atoms with van der Waals surface area (Å²) >= 11 is 0.448. The second-order valence-electron chi connectivity index (χ2n) is 7.37. The molecule has 0 radical (unpaired) electrons. The van der Waals surface area contributed by atoms with Gasteiger partial charge in [0.15, 0.2) is 0 Å². The van der Waals surface area contributed by atoms with Crippen molar-refractivity contribution in [3.8, 4) is 0 Å². The summed E-state index contributed by atoms with van der Waals surface area (Å²) in [6.07, 6.45) is 17.5. The van der Waals surface area contributed by atoms with Gasteiger partial charge in [0.1, 0.15) is 0 Å². The van der Waals surface area contributed by atoms with Gasteiger partial charge >= 0.3 is 209 Å². The summed E-state index contributed by atoms with van der Waals surface area (Å²) in [6, 6.07) is 0. The minimum absolute atomic E-state index is 0.149. The molecule has 156 valence electrons. The minimum atomic E-state index is 0.149. The van der Waals surface area contributed by atoms with Crippen LogP contribution in [0.3, 0.4) is 0 Å². The Hall–Kier alpha value is 2.40. The Kier molecular flexibility index (Phi) is 49.1. The second-order valence-corrected chi connectivity index (χ2v) is 20.2. The van der Waals surface area contributed by atoms with Crippen LogP contribution in [0.5, 0.6) is 0 Å². The molecule has 0 aliphatic rings. The molecule has 0 aromatic heterocycles. The molecule has 0 saturated carbocycles. The molecule has 0 spiro atoms. The van der Waals surface area contributed by atoms with E-state index < -0.39 is 0 Å². The fourth-order valence-electron chi connectivity index (χ4n) is 2.19. The van der Waals surface area contributed by atoms with Crippen LogP contribution in [-0.4, -0.2) is 63.4 Å². The van der Waals surface area contributed by atoms with E-state index in [9.17, 15) is 0 Å². The van der Waals surface area contributed by atoms with E-state index in [0.717, 1.165) is 0 Å². The Balaban J connectivity index is -0.000000320. The second kappa shape index (κ2) is 38.9. The molecule has 0 aliphatic heterocycles. The predicted molar refractivity (Wildman–Crippen MR) is 136 cm³/mol. The molecule has 0 saturated heterocycles. The van der Waals surface area contributed by atoms with E-state index in [1.54, 1.807) is 26.6 Å². The molecule has 0 aromatic rings. The molecule has 0 rings (SSSR count). The Labute approximate surface area is 206 Å². The fourth-order valence-corrected chi connectivity index (χ4v) is 14.7. The molecule has 0 atom stereocenters. The van der Waals surface area contributed by atoms with Crippen LogP contribution >= 0.6 is 0 Å². The van der Waals surface area contributed by atoms with Crippen LogP contribution in [0.4, 0.5) is 0 Å². The fraction of sp³-hybridized carbons (Fsp3) is 1.00. The Morgan fingerprint density at radius 3 is 0.556 bits per heavy atom. The average molecular weight is 699 g/mol. The van der Waals surface area contributed by atoms with Crippen LogP contribution in [0.15, 0.2) is 0 Å². The van der Waals surface area contributed by atoms with Crippen molar-refractivity contribution >= 4 is 63.4 Å². The molecule has 0 unspecified atom stereocenters. The topological polar surface area (TPSA) is 0 Å². The van der Waals surface area contributed by atoms with Crippen LogP contribution in [0.2, 0.25) is 26.6 Å². The van der Waals surface area contributed by atoms with Gasteiger partial charge in [0.25, 0.3) is 0 Å². The molecule has 0 heterocycles. The summed E-state index contributed by atoms with van der Waals surface area (Å²) in [5.74, 6) is 0. The summed E-state index contributed by atoms with van der Waals surface area (Å²) in [5.41, 5.74) is 0. The summed E-state index contributed by atoms with van der Waals surface area (Å²) in [6.45, 7) is 13.7. The zero-order chi connectivity index (χ0) is 20.8. The molecule has 0 bridgehead atoms. The van der Waals surface area contributed by atoms with E-state index in [2.05, 4.69) is 41.5 Å². The van der Waals surface area contributed by atoms with Crippen LogP contribution in [0, 0.1) is 0 Å². The average Bonchev–Trinajstić information content (AvgIpc) is 2.69. The molecule has 0 aromatic carbocycles. The molecule has 3 heteroatoms. The third kappa shape index (κ3) is 47.6. The molecule has 0 nitrogen and oxygen atoms in total. The molecular weight excluding hydrogens is 644 g/mol. The first-order valence-corrected chi connectivity index (χ1v) is 24.5. The molecule has 0 amide bonds. The van der Waals surface area contributed by atoms with E-state index in [1.807, 2.05) is 0 Å². The van der Waals surface area contributed by atoms with Gasteiger partial charge in [-0.2, -0.15) is 0 Å². The maximum absolute atomic E-state index is 2.29. The monoisotopic (exact) mass is 702 g/mol. The van der Waals surface area contributed by atoms with Crippen LogP contribution in [0.25, 0.3) is 0 Å². The molecule has 0 N–H and O–H groups in total. The van der Waals surface area contributed by atoms with Crippen LogP contribution in [0.1, 0.15) is 119 Å². The van der Waals surface area contributed by atoms with Crippen LogP contribution < -0.4 is 0 Å². The van der Waals surface area contributed by atoms with Gasteiger partial charge in [0, 0.05) is 0 Å². The quantitative estimate of drug-likeness (QED) is 0.0989. The van der Waals surface area contributed by atoms with E-state index in [0.29, 0.717) is 0 Å². The molecular formula is C24H54Sn3+6. The number of unbranched alkanes of at least 4 members (excludes halogenated alkanes) is 6. The van der Waals surface area contributed by atoms with Gasteiger partial charge in [-0.25, -0.2) is 0 Å². The maximum atomic E-state index is 2.29. The first-order valence-electron chi connectivity index (χ1n) is 12.4. The third-order valence-electron chi connectivity index (χ3n) is 4.24. The van der Waals surface area contributed by atoms with Crippen molar-refractivity contribution in [1.82, 2.24) is 0 Å². The first-order chi connectivity index (χ1) is 13.2. The summed E-state index contributed by atoms with van der Waals surface area (Å²) in [5, 5.41) is 0. The summed E-state index contributed by atoms with van der Waals surface area (Å²) in [7, 11) is 0. The summed E-state index contributed by atoms with van der Waals surface area (Å²) in [4.78, 5) is 0. The number of rotatable bonds is 18. The predicted octanol–water partition coefficient (Wildman–Crippen LogP) is 9.38. The Morgan fingerprint density at radius 1 is 0.296 bits per heavy atom. The van der Waals surface area contributed by atoms with E-state index in [1.165, 1.54) is 77.0 Å². The van der Waals surface area contributed by atoms with E-state index in [-0.39, 0.29) is 63.4 Å². The van der Waals surface area contributed by atoms with Crippen molar-refractivity contribution in [1.29, 1.82) is 0 Å². The Morgan fingerprint density at radius 2 is 0.444 bits per heavy atom. The van der Waals surface area contributed by atoms with E-state index in [4.69, 9.17) is 0 Å². The van der Waals surface area contributed by atoms with Crippen molar-refractivity contribution in [2.75, 3.05) is 0 Å². The molecule has 0 fully saturated rings. The molecule has 27 heavy (non-hydrogen) atoms. The van der Waals surface area contributed by atoms with Crippen molar-refractivity contribution in [3.05, 3.63) is 0 Å². The van der Waals surface area contributed by atoms with E-state index >= 15 is 0 Å². The van der Waals surface area contributed by atoms with Crippen molar-refractivity contribution in [2.45, 2.75) is 145 Å². The van der Waals surface area contributed by atoms with Gasteiger partial charge in [0.05, 0.1) is 0 Å². The van der Waals surface area contributed by atoms with Gasteiger partial charge in [-0.15, -0.1) is 0 Å². The van der Waals surface area contributed by atoms with Gasteiger partial charge < -0.3 is 0 Å². The van der Waals surface area contributed by atoms with Gasteiger partial charge in [-0.05, 0) is 0 Å². The number of hydrogen-bond donors (Lipinski definition) is 0. The zero-order valence-electron chi connectivity index (χ0n) is 20.2. The van der Waals surface area contributed by atoms with Gasteiger partial charge in [-0.1, -0.05) is 0 Å². The summed E-state index contributed by atoms with van der Waals surface area (Å²) < 4.78 is 9.75. The first kappa shape index (κ1) is 34.0. The van der Waals surface area contributed by atoms with Crippen molar-refractivity contribution in [3.63, 3.8) is 0 Å².